The molecule has 0 saturated heterocycles. The van der Waals surface area contributed by atoms with Gasteiger partial charge in [-0.1, -0.05) is 0 Å². The number of halogens is 3. The van der Waals surface area contributed by atoms with Crippen LogP contribution in [-0.2, 0) is 36.0 Å². The van der Waals surface area contributed by atoms with E-state index in [9.17, 15) is 26.4 Å². The lowest BCUT2D eigenvalue weighted by Crippen LogP contribution is -2.32. The maximum Gasteiger partial charge on any atom is 0.425 e. The second-order valence-corrected chi connectivity index (χ2v) is 11.3. The van der Waals surface area contributed by atoms with Crippen LogP contribution >= 0.6 is 0 Å². The van der Waals surface area contributed by atoms with Crippen molar-refractivity contribution in [3.05, 3.63) is 70.3 Å². The lowest BCUT2D eigenvalue weighted by Gasteiger charge is -2.22. The summed E-state index contributed by atoms with van der Waals surface area (Å²) in [5.41, 5.74) is 3.49. The highest BCUT2D eigenvalue weighted by atomic mass is 32.2. The van der Waals surface area contributed by atoms with Gasteiger partial charge >= 0.3 is 6.18 Å². The summed E-state index contributed by atoms with van der Waals surface area (Å²) in [5, 5.41) is 3.21. The molecule has 39 heavy (non-hydrogen) atoms. The number of nitrogens with zero attached hydrogens (tertiary/aromatic N) is 5. The van der Waals surface area contributed by atoms with Gasteiger partial charge in [0.2, 0.25) is 0 Å². The van der Waals surface area contributed by atoms with Crippen molar-refractivity contribution in [2.24, 2.45) is 0 Å². The monoisotopic (exact) mass is 564 g/mol. The van der Waals surface area contributed by atoms with E-state index >= 15 is 0 Å². The molecule has 1 aromatic carbocycles. The molecule has 0 unspecified atom stereocenters. The maximum atomic E-state index is 13.1. The molecule has 0 aliphatic carbocycles. The van der Waals surface area contributed by atoms with E-state index in [4.69, 9.17) is 4.74 Å². The van der Waals surface area contributed by atoms with Gasteiger partial charge in [-0.05, 0) is 39.0 Å². The van der Waals surface area contributed by atoms with Crippen LogP contribution in [0.5, 0.6) is 5.75 Å². The van der Waals surface area contributed by atoms with Crippen molar-refractivity contribution in [3.63, 3.8) is 0 Å². The molecule has 5 rings (SSSR count). The van der Waals surface area contributed by atoms with E-state index in [1.165, 1.54) is 10.5 Å². The number of fused-ring (bicyclic) bond motifs is 2. The summed E-state index contributed by atoms with van der Waals surface area (Å²) in [6.45, 7) is 6.54. The SMILES string of the molecule is Cc1ncc2c(n1)CN(C(=O)c1cc(S(C)(=O)=O)ccc1O[C@@H](C)C(F)(F)F)C2.Cc1ncc2c(n1)CNC2. The highest BCUT2D eigenvalue weighted by Gasteiger charge is 2.39. The second kappa shape index (κ2) is 10.8. The molecule has 4 heterocycles. The number of amides is 1. The number of nitrogens with one attached hydrogen (secondary N) is 1. The van der Waals surface area contributed by atoms with Gasteiger partial charge in [-0.25, -0.2) is 28.4 Å². The summed E-state index contributed by atoms with van der Waals surface area (Å²) in [6, 6.07) is 3.22. The second-order valence-electron chi connectivity index (χ2n) is 9.27. The Morgan fingerprint density at radius 1 is 1.03 bits per heavy atom. The average molecular weight is 565 g/mol. The molecule has 2 aliphatic rings. The van der Waals surface area contributed by atoms with Crippen LogP contribution in [0, 0.1) is 13.8 Å². The fourth-order valence-corrected chi connectivity index (χ4v) is 4.64. The van der Waals surface area contributed by atoms with Gasteiger partial charge in [0.25, 0.3) is 5.91 Å². The topological polar surface area (TPSA) is 127 Å². The number of alkyl halides is 3. The minimum Gasteiger partial charge on any atom is -0.480 e. The Bertz CT molecular complexity index is 1510. The Morgan fingerprint density at radius 3 is 2.31 bits per heavy atom. The molecule has 0 spiro atoms. The quantitative estimate of drug-likeness (QED) is 0.509. The number of aromatic nitrogens is 4. The number of hydrogen-bond acceptors (Lipinski definition) is 9. The van der Waals surface area contributed by atoms with E-state index in [1.807, 2.05) is 13.1 Å². The summed E-state index contributed by atoms with van der Waals surface area (Å²) in [4.78, 5) is 30.9. The first-order valence-corrected chi connectivity index (χ1v) is 13.8. The normalized spacial score (nSPS) is 15.2. The van der Waals surface area contributed by atoms with Crippen molar-refractivity contribution in [1.29, 1.82) is 0 Å². The number of ether oxygens (including phenoxy) is 1. The lowest BCUT2D eigenvalue weighted by atomic mass is 10.1. The smallest absolute Gasteiger partial charge is 0.425 e. The van der Waals surface area contributed by atoms with E-state index in [0.29, 0.717) is 17.1 Å². The Labute approximate surface area is 223 Å². The van der Waals surface area contributed by atoms with E-state index in [0.717, 1.165) is 56.0 Å². The zero-order valence-corrected chi connectivity index (χ0v) is 22.5. The molecule has 0 saturated carbocycles. The molecule has 2 aliphatic heterocycles. The molecule has 208 valence electrons. The minimum absolute atomic E-state index is 0.134. The predicted molar refractivity (Wildman–Crippen MR) is 133 cm³/mol. The molecule has 3 aromatic rings. The maximum absolute atomic E-state index is 13.1. The average Bonchev–Trinajstić information content (AvgIpc) is 3.49. The largest absolute Gasteiger partial charge is 0.480 e. The first kappa shape index (κ1) is 28.4. The minimum atomic E-state index is -4.65. The number of aryl methyl sites for hydroxylation is 2. The van der Waals surface area contributed by atoms with Crippen LogP contribution in [0.2, 0.25) is 0 Å². The molecular formula is C25H27F3N6O4S. The van der Waals surface area contributed by atoms with Crippen LogP contribution < -0.4 is 10.1 Å². The van der Waals surface area contributed by atoms with E-state index in [1.54, 1.807) is 13.1 Å². The van der Waals surface area contributed by atoms with Crippen molar-refractivity contribution in [3.8, 4) is 5.75 Å². The third-order valence-electron chi connectivity index (χ3n) is 6.12. The first-order valence-electron chi connectivity index (χ1n) is 11.9. The summed E-state index contributed by atoms with van der Waals surface area (Å²) >= 11 is 0. The Kier molecular flexibility index (Phi) is 7.89. The standard InChI is InChI=1S/C18H18F3N3O4S.C7H9N3/c1-10(18(19,20)21)28-16-5-4-13(29(3,26)27)6-14(16)17(25)24-8-12-7-22-11(2)23-15(12)9-24;1-5-9-3-6-2-8-4-7(6)10-5/h4-7,10H,8-9H2,1-3H3;3,8H,2,4H2,1H3/t10-;/m0./s1. The van der Waals surface area contributed by atoms with Crippen LogP contribution in [0.25, 0.3) is 0 Å². The highest BCUT2D eigenvalue weighted by Crippen LogP contribution is 2.31. The van der Waals surface area contributed by atoms with Gasteiger partial charge in [0.1, 0.15) is 17.4 Å². The summed E-state index contributed by atoms with van der Waals surface area (Å²) < 4.78 is 67.5. The molecule has 10 nitrogen and oxygen atoms in total. The number of hydrogen-bond donors (Lipinski definition) is 1. The summed E-state index contributed by atoms with van der Waals surface area (Å²) in [6.07, 6.45) is -2.40. The molecule has 0 fully saturated rings. The van der Waals surface area contributed by atoms with Gasteiger partial charge in [-0.2, -0.15) is 13.2 Å². The third-order valence-corrected chi connectivity index (χ3v) is 7.23. The molecule has 0 radical (unpaired) electrons. The lowest BCUT2D eigenvalue weighted by molar-refractivity contribution is -0.189. The van der Waals surface area contributed by atoms with E-state index in [2.05, 4.69) is 25.3 Å². The van der Waals surface area contributed by atoms with Gasteiger partial charge < -0.3 is 15.0 Å². The van der Waals surface area contributed by atoms with Crippen molar-refractivity contribution in [2.75, 3.05) is 6.26 Å². The van der Waals surface area contributed by atoms with Crippen molar-refractivity contribution < 1.29 is 31.1 Å². The van der Waals surface area contributed by atoms with Gasteiger partial charge in [0, 0.05) is 49.4 Å². The molecule has 2 aromatic heterocycles. The van der Waals surface area contributed by atoms with E-state index < -0.39 is 28.0 Å². The van der Waals surface area contributed by atoms with Crippen LogP contribution in [0.15, 0.2) is 35.5 Å². The Morgan fingerprint density at radius 2 is 1.67 bits per heavy atom. The third kappa shape index (κ3) is 6.68. The summed E-state index contributed by atoms with van der Waals surface area (Å²) in [5.74, 6) is 0.392. The molecule has 1 amide bonds. The number of carbonyl (C=O) groups is 1. The predicted octanol–water partition coefficient (Wildman–Crippen LogP) is 3.06. The van der Waals surface area contributed by atoms with Crippen molar-refractivity contribution in [1.82, 2.24) is 30.2 Å². The van der Waals surface area contributed by atoms with E-state index in [-0.39, 0.29) is 29.3 Å². The van der Waals surface area contributed by atoms with Gasteiger partial charge in [0.15, 0.2) is 15.9 Å². The number of rotatable bonds is 4. The molecule has 1 N–H and O–H groups in total. The van der Waals surface area contributed by atoms with Crippen molar-refractivity contribution >= 4 is 15.7 Å². The van der Waals surface area contributed by atoms with Crippen molar-refractivity contribution in [2.45, 2.75) is 64.1 Å². The van der Waals surface area contributed by atoms with Gasteiger partial charge in [-0.15, -0.1) is 0 Å². The number of sulfone groups is 1. The molecule has 1 atom stereocenters. The first-order chi connectivity index (χ1) is 18.2. The Balaban J connectivity index is 0.000000292. The fourth-order valence-electron chi connectivity index (χ4n) is 3.99. The molecule has 14 heteroatoms. The number of carbonyl (C=O) groups excluding carboxylic acids is 1. The highest BCUT2D eigenvalue weighted by molar-refractivity contribution is 7.90. The fraction of sp³-hybridized carbons (Fsp3) is 0.400. The molecular weight excluding hydrogens is 537 g/mol. The van der Waals surface area contributed by atoms with Gasteiger partial charge in [0.05, 0.1) is 28.4 Å². The zero-order valence-electron chi connectivity index (χ0n) is 21.7. The zero-order chi connectivity index (χ0) is 28.5. The Hall–Kier alpha value is -3.65. The van der Waals surface area contributed by atoms with Gasteiger partial charge in [-0.3, -0.25) is 4.79 Å². The number of benzene rings is 1. The van der Waals surface area contributed by atoms with Crippen LogP contribution in [0.1, 0.15) is 51.4 Å². The van der Waals surface area contributed by atoms with Crippen LogP contribution in [-0.4, -0.2) is 57.7 Å². The molecule has 0 bridgehead atoms. The van der Waals surface area contributed by atoms with Crippen LogP contribution in [0.4, 0.5) is 13.2 Å². The summed E-state index contributed by atoms with van der Waals surface area (Å²) in [7, 11) is -3.69. The van der Waals surface area contributed by atoms with Crippen LogP contribution in [0.3, 0.4) is 0 Å².